The molecule has 4 rings (SSSR count). The molecule has 1 aliphatic carbocycles. The van der Waals surface area contributed by atoms with E-state index in [2.05, 4.69) is 21.0 Å². The molecule has 1 saturated carbocycles. The zero-order chi connectivity index (χ0) is 17.9. The summed E-state index contributed by atoms with van der Waals surface area (Å²) < 4.78 is 5.31. The lowest BCUT2D eigenvalue weighted by molar-refractivity contribution is -0.131. The maximum absolute atomic E-state index is 12.6. The summed E-state index contributed by atoms with van der Waals surface area (Å²) in [5, 5.41) is 4.01. The zero-order valence-electron chi connectivity index (χ0n) is 15.0. The van der Waals surface area contributed by atoms with E-state index in [1.807, 2.05) is 30.3 Å². The SMILES string of the molecule is CN(Cc1nc(-c2ccccc2)no1)C(=O)CC1NNC2CCCCC21. The first-order chi connectivity index (χ1) is 12.7. The van der Waals surface area contributed by atoms with Crippen LogP contribution in [0.25, 0.3) is 11.4 Å². The molecular weight excluding hydrogens is 330 g/mol. The molecule has 0 radical (unpaired) electrons. The van der Waals surface area contributed by atoms with Gasteiger partial charge in [0.05, 0.1) is 6.54 Å². The van der Waals surface area contributed by atoms with Gasteiger partial charge in [0.2, 0.25) is 17.6 Å². The number of rotatable bonds is 5. The van der Waals surface area contributed by atoms with Crippen LogP contribution in [-0.2, 0) is 11.3 Å². The highest BCUT2D eigenvalue weighted by molar-refractivity contribution is 5.76. The Hall–Kier alpha value is -2.25. The lowest BCUT2D eigenvalue weighted by Crippen LogP contribution is -2.38. The number of nitrogens with zero attached hydrogens (tertiary/aromatic N) is 3. The summed E-state index contributed by atoms with van der Waals surface area (Å²) in [5.41, 5.74) is 7.59. The molecule has 7 heteroatoms. The van der Waals surface area contributed by atoms with Gasteiger partial charge in [-0.2, -0.15) is 4.98 Å². The number of hydrazine groups is 1. The fourth-order valence-corrected chi connectivity index (χ4v) is 4.00. The van der Waals surface area contributed by atoms with Gasteiger partial charge in [0, 0.05) is 31.1 Å². The molecule has 7 nitrogen and oxygen atoms in total. The second-order valence-electron chi connectivity index (χ2n) is 7.28. The molecule has 1 aromatic carbocycles. The van der Waals surface area contributed by atoms with Crippen molar-refractivity contribution >= 4 is 5.91 Å². The van der Waals surface area contributed by atoms with E-state index in [4.69, 9.17) is 4.52 Å². The molecule has 138 valence electrons. The Balaban J connectivity index is 1.34. The standard InChI is InChI=1S/C19H25N5O2/c1-24(12-17-20-19(23-26-17)13-7-3-2-4-8-13)18(25)11-16-14-9-5-6-10-15(14)21-22-16/h2-4,7-8,14-16,21-22H,5-6,9-12H2,1H3. The van der Waals surface area contributed by atoms with Crippen LogP contribution in [0.1, 0.15) is 38.0 Å². The fourth-order valence-electron chi connectivity index (χ4n) is 4.00. The van der Waals surface area contributed by atoms with Crippen molar-refractivity contribution in [2.24, 2.45) is 5.92 Å². The molecule has 3 unspecified atom stereocenters. The van der Waals surface area contributed by atoms with Crippen molar-refractivity contribution in [3.63, 3.8) is 0 Å². The van der Waals surface area contributed by atoms with Gasteiger partial charge in [-0.15, -0.1) is 0 Å². The minimum Gasteiger partial charge on any atom is -0.337 e. The Morgan fingerprint density at radius 3 is 2.88 bits per heavy atom. The number of nitrogens with one attached hydrogen (secondary N) is 2. The number of carbonyl (C=O) groups excluding carboxylic acids is 1. The fraction of sp³-hybridized carbons (Fsp3) is 0.526. The van der Waals surface area contributed by atoms with Crippen molar-refractivity contribution in [3.8, 4) is 11.4 Å². The molecule has 2 aliphatic rings. The van der Waals surface area contributed by atoms with Crippen molar-refractivity contribution in [2.45, 2.75) is 50.7 Å². The Kier molecular flexibility index (Phi) is 4.99. The average molecular weight is 355 g/mol. The molecular formula is C19H25N5O2. The number of fused-ring (bicyclic) bond motifs is 1. The summed E-state index contributed by atoms with van der Waals surface area (Å²) in [4.78, 5) is 18.7. The predicted molar refractivity (Wildman–Crippen MR) is 96.6 cm³/mol. The molecule has 0 bridgehead atoms. The van der Waals surface area contributed by atoms with E-state index in [1.165, 1.54) is 25.7 Å². The molecule has 2 heterocycles. The van der Waals surface area contributed by atoms with E-state index in [1.54, 1.807) is 11.9 Å². The van der Waals surface area contributed by atoms with E-state index in [0.29, 0.717) is 36.6 Å². The van der Waals surface area contributed by atoms with Crippen molar-refractivity contribution in [1.29, 1.82) is 0 Å². The van der Waals surface area contributed by atoms with Crippen molar-refractivity contribution in [2.75, 3.05) is 7.05 Å². The average Bonchev–Trinajstić information content (AvgIpc) is 3.30. The molecule has 2 fully saturated rings. The quantitative estimate of drug-likeness (QED) is 0.855. The topological polar surface area (TPSA) is 83.3 Å². The third-order valence-electron chi connectivity index (χ3n) is 5.48. The second kappa shape index (κ2) is 7.55. The summed E-state index contributed by atoms with van der Waals surface area (Å²) in [6.07, 6.45) is 5.41. The normalized spacial score (nSPS) is 25.0. The summed E-state index contributed by atoms with van der Waals surface area (Å²) in [7, 11) is 1.79. The van der Waals surface area contributed by atoms with Gasteiger partial charge in [0.1, 0.15) is 0 Å². The molecule has 2 aromatic rings. The van der Waals surface area contributed by atoms with E-state index >= 15 is 0 Å². The summed E-state index contributed by atoms with van der Waals surface area (Å²) in [6.45, 7) is 0.326. The van der Waals surface area contributed by atoms with Crippen LogP contribution in [0.5, 0.6) is 0 Å². The molecule has 1 saturated heterocycles. The van der Waals surface area contributed by atoms with Gasteiger partial charge in [-0.25, -0.2) is 0 Å². The van der Waals surface area contributed by atoms with E-state index in [0.717, 1.165) is 5.56 Å². The van der Waals surface area contributed by atoms with E-state index < -0.39 is 0 Å². The molecule has 1 aliphatic heterocycles. The van der Waals surface area contributed by atoms with Crippen LogP contribution in [0.3, 0.4) is 0 Å². The van der Waals surface area contributed by atoms with Gasteiger partial charge in [0.25, 0.3) is 0 Å². The largest absolute Gasteiger partial charge is 0.337 e. The van der Waals surface area contributed by atoms with Crippen LogP contribution < -0.4 is 10.9 Å². The van der Waals surface area contributed by atoms with Crippen LogP contribution >= 0.6 is 0 Å². The van der Waals surface area contributed by atoms with Crippen molar-refractivity contribution < 1.29 is 9.32 Å². The first-order valence-corrected chi connectivity index (χ1v) is 9.34. The van der Waals surface area contributed by atoms with Gasteiger partial charge in [-0.05, 0) is 18.8 Å². The van der Waals surface area contributed by atoms with Gasteiger partial charge in [-0.3, -0.25) is 15.6 Å². The Morgan fingerprint density at radius 2 is 2.04 bits per heavy atom. The number of aromatic nitrogens is 2. The minimum atomic E-state index is 0.0926. The van der Waals surface area contributed by atoms with Crippen molar-refractivity contribution in [1.82, 2.24) is 25.9 Å². The van der Waals surface area contributed by atoms with Crippen molar-refractivity contribution in [3.05, 3.63) is 36.2 Å². The first-order valence-electron chi connectivity index (χ1n) is 9.34. The Morgan fingerprint density at radius 1 is 1.23 bits per heavy atom. The van der Waals surface area contributed by atoms with Gasteiger partial charge >= 0.3 is 0 Å². The molecule has 2 N–H and O–H groups in total. The van der Waals surface area contributed by atoms with Crippen LogP contribution in [-0.4, -0.2) is 40.1 Å². The Labute approximate surface area is 153 Å². The highest BCUT2D eigenvalue weighted by atomic mass is 16.5. The van der Waals surface area contributed by atoms with Gasteiger partial charge in [-0.1, -0.05) is 48.3 Å². The molecule has 26 heavy (non-hydrogen) atoms. The summed E-state index contributed by atoms with van der Waals surface area (Å²) in [6, 6.07) is 10.4. The summed E-state index contributed by atoms with van der Waals surface area (Å²) >= 11 is 0. The molecule has 3 atom stereocenters. The van der Waals surface area contributed by atoms with Crippen LogP contribution in [0.2, 0.25) is 0 Å². The predicted octanol–water partition coefficient (Wildman–Crippen LogP) is 2.12. The molecule has 1 amide bonds. The van der Waals surface area contributed by atoms with Gasteiger partial charge in [0.15, 0.2) is 0 Å². The number of carbonyl (C=O) groups is 1. The maximum Gasteiger partial charge on any atom is 0.246 e. The van der Waals surface area contributed by atoms with Gasteiger partial charge < -0.3 is 9.42 Å². The number of amides is 1. The van der Waals surface area contributed by atoms with Crippen LogP contribution in [0.4, 0.5) is 0 Å². The number of benzene rings is 1. The van der Waals surface area contributed by atoms with Crippen LogP contribution in [0, 0.1) is 5.92 Å². The first kappa shape index (κ1) is 17.2. The lowest BCUT2D eigenvalue weighted by atomic mass is 9.81. The monoisotopic (exact) mass is 355 g/mol. The highest BCUT2D eigenvalue weighted by Gasteiger charge is 2.38. The lowest BCUT2D eigenvalue weighted by Gasteiger charge is -2.27. The minimum absolute atomic E-state index is 0.0926. The van der Waals surface area contributed by atoms with E-state index in [-0.39, 0.29) is 11.9 Å². The Bertz CT molecular complexity index is 747. The highest BCUT2D eigenvalue weighted by Crippen LogP contribution is 2.31. The second-order valence-corrected chi connectivity index (χ2v) is 7.28. The van der Waals surface area contributed by atoms with E-state index in [9.17, 15) is 4.79 Å². The third kappa shape index (κ3) is 3.64. The van der Waals surface area contributed by atoms with Crippen LogP contribution in [0.15, 0.2) is 34.9 Å². The third-order valence-corrected chi connectivity index (χ3v) is 5.48. The molecule has 0 spiro atoms. The molecule has 1 aromatic heterocycles. The maximum atomic E-state index is 12.6. The summed E-state index contributed by atoms with van der Waals surface area (Å²) in [5.74, 6) is 1.64. The smallest absolute Gasteiger partial charge is 0.246 e. The number of hydrogen-bond acceptors (Lipinski definition) is 6. The zero-order valence-corrected chi connectivity index (χ0v) is 15.0. The number of hydrogen-bond donors (Lipinski definition) is 2.